The number of carbonyl (C=O) groups is 1. The Kier molecular flexibility index (Phi) is 7.21. The molecular weight excluding hydrogens is 452 g/mol. The van der Waals surface area contributed by atoms with Crippen LogP contribution in [0.15, 0.2) is 63.1 Å². The summed E-state index contributed by atoms with van der Waals surface area (Å²) in [6.07, 6.45) is 3.13. The Balaban J connectivity index is 2.16. The molecular formula is C18H16Br2N2O3. The first kappa shape index (κ1) is 19.2. The highest BCUT2D eigenvalue weighted by atomic mass is 79.9. The third-order valence-electron chi connectivity index (χ3n) is 3.10. The van der Waals surface area contributed by atoms with Gasteiger partial charge in [-0.25, -0.2) is 5.43 Å². The van der Waals surface area contributed by atoms with E-state index in [0.29, 0.717) is 23.7 Å². The molecule has 0 fully saturated rings. The first-order chi connectivity index (χ1) is 12.0. The van der Waals surface area contributed by atoms with Crippen molar-refractivity contribution in [3.05, 3.63) is 69.1 Å². The maximum Gasteiger partial charge on any atom is 0.275 e. The van der Waals surface area contributed by atoms with Crippen LogP contribution in [0.5, 0.6) is 11.5 Å². The third kappa shape index (κ3) is 5.44. The minimum absolute atomic E-state index is 0.306. The molecule has 0 aliphatic heterocycles. The summed E-state index contributed by atoms with van der Waals surface area (Å²) in [5.74, 6) is 0.722. The number of rotatable bonds is 7. The van der Waals surface area contributed by atoms with Gasteiger partial charge in [0.2, 0.25) is 0 Å². The Morgan fingerprint density at radius 1 is 1.20 bits per heavy atom. The molecule has 0 spiro atoms. The van der Waals surface area contributed by atoms with Gasteiger partial charge in [0.1, 0.15) is 18.1 Å². The second-order valence-electron chi connectivity index (χ2n) is 4.83. The van der Waals surface area contributed by atoms with Gasteiger partial charge in [0.25, 0.3) is 5.91 Å². The monoisotopic (exact) mass is 466 g/mol. The first-order valence-corrected chi connectivity index (χ1v) is 8.84. The molecule has 2 aromatic rings. The highest BCUT2D eigenvalue weighted by molar-refractivity contribution is 9.10. The molecule has 2 rings (SSSR count). The normalized spacial score (nSPS) is 10.5. The summed E-state index contributed by atoms with van der Waals surface area (Å²) >= 11 is 6.74. The maximum absolute atomic E-state index is 12.4. The topological polar surface area (TPSA) is 59.9 Å². The molecule has 1 N–H and O–H groups in total. The summed E-state index contributed by atoms with van der Waals surface area (Å²) in [6, 6.07) is 10.7. The third-order valence-corrected chi connectivity index (χ3v) is 4.09. The van der Waals surface area contributed by atoms with E-state index in [1.807, 2.05) is 18.2 Å². The smallest absolute Gasteiger partial charge is 0.275 e. The zero-order chi connectivity index (χ0) is 18.2. The number of ether oxygens (including phenoxy) is 2. The summed E-state index contributed by atoms with van der Waals surface area (Å²) in [6.45, 7) is 3.91. The van der Waals surface area contributed by atoms with Crippen molar-refractivity contribution in [3.63, 3.8) is 0 Å². The molecule has 0 radical (unpaired) electrons. The van der Waals surface area contributed by atoms with Crippen LogP contribution in [0.4, 0.5) is 0 Å². The van der Waals surface area contributed by atoms with Crippen molar-refractivity contribution in [1.29, 1.82) is 0 Å². The van der Waals surface area contributed by atoms with Crippen LogP contribution in [-0.2, 0) is 0 Å². The zero-order valence-corrected chi connectivity index (χ0v) is 16.6. The summed E-state index contributed by atoms with van der Waals surface area (Å²) < 4.78 is 12.4. The number of benzene rings is 2. The minimum Gasteiger partial charge on any atom is -0.496 e. The Labute approximate surface area is 163 Å². The van der Waals surface area contributed by atoms with Crippen LogP contribution in [0.2, 0.25) is 0 Å². The molecule has 0 aliphatic carbocycles. The number of hydrazone groups is 1. The lowest BCUT2D eigenvalue weighted by molar-refractivity contribution is 0.0951. The second-order valence-corrected chi connectivity index (χ2v) is 6.66. The van der Waals surface area contributed by atoms with Crippen LogP contribution >= 0.6 is 31.9 Å². The number of amides is 1. The molecule has 5 nitrogen and oxygen atoms in total. The van der Waals surface area contributed by atoms with Crippen LogP contribution in [0.1, 0.15) is 15.9 Å². The molecule has 0 atom stereocenters. The maximum atomic E-state index is 12.4. The summed E-state index contributed by atoms with van der Waals surface area (Å²) in [5, 5.41) is 4.00. The van der Waals surface area contributed by atoms with Gasteiger partial charge >= 0.3 is 0 Å². The van der Waals surface area contributed by atoms with Gasteiger partial charge in [0.05, 0.1) is 18.9 Å². The number of halogens is 2. The lowest BCUT2D eigenvalue weighted by Gasteiger charge is -2.09. The van der Waals surface area contributed by atoms with E-state index in [0.717, 1.165) is 14.5 Å². The first-order valence-electron chi connectivity index (χ1n) is 7.25. The molecule has 0 aromatic heterocycles. The lowest BCUT2D eigenvalue weighted by atomic mass is 10.2. The lowest BCUT2D eigenvalue weighted by Crippen LogP contribution is -2.19. The van der Waals surface area contributed by atoms with E-state index in [1.54, 1.807) is 31.4 Å². The Bertz CT molecular complexity index is 807. The minimum atomic E-state index is -0.384. The fourth-order valence-corrected chi connectivity index (χ4v) is 2.72. The number of hydrogen-bond donors (Lipinski definition) is 1. The van der Waals surface area contributed by atoms with Crippen molar-refractivity contribution in [3.8, 4) is 11.5 Å². The van der Waals surface area contributed by atoms with Gasteiger partial charge in [-0.15, -0.1) is 0 Å². The Hall–Kier alpha value is -2.12. The van der Waals surface area contributed by atoms with Crippen molar-refractivity contribution >= 4 is 44.0 Å². The van der Waals surface area contributed by atoms with Crippen LogP contribution in [0.3, 0.4) is 0 Å². The number of methoxy groups -OCH3 is 1. The molecule has 0 bridgehead atoms. The van der Waals surface area contributed by atoms with E-state index in [-0.39, 0.29) is 5.91 Å². The van der Waals surface area contributed by atoms with Gasteiger partial charge in [-0.05, 0) is 36.4 Å². The second kappa shape index (κ2) is 9.39. The standard InChI is InChI=1S/C18H16Br2N2O3/c1-3-8-25-17-7-5-14(20)10-15(17)18(23)22-21-11-12-9-13(19)4-6-16(12)24-2/h3-7,9-11H,1,8H2,2H3,(H,22,23). The fraction of sp³-hybridized carbons (Fsp3) is 0.111. The Morgan fingerprint density at radius 2 is 1.88 bits per heavy atom. The average molecular weight is 468 g/mol. The van der Waals surface area contributed by atoms with Crippen LogP contribution < -0.4 is 14.9 Å². The molecule has 2 aromatic carbocycles. The van der Waals surface area contributed by atoms with Crippen molar-refractivity contribution < 1.29 is 14.3 Å². The molecule has 0 aliphatic rings. The number of hydrogen-bond acceptors (Lipinski definition) is 4. The van der Waals surface area contributed by atoms with E-state index in [9.17, 15) is 4.79 Å². The van der Waals surface area contributed by atoms with E-state index in [1.165, 1.54) is 6.21 Å². The molecule has 0 unspecified atom stereocenters. The highest BCUT2D eigenvalue weighted by Gasteiger charge is 2.12. The molecule has 7 heteroatoms. The van der Waals surface area contributed by atoms with Crippen molar-refractivity contribution in [1.82, 2.24) is 5.43 Å². The van der Waals surface area contributed by atoms with Gasteiger partial charge in [-0.3, -0.25) is 4.79 Å². The van der Waals surface area contributed by atoms with Crippen LogP contribution in [0, 0.1) is 0 Å². The molecule has 0 saturated carbocycles. The van der Waals surface area contributed by atoms with Crippen molar-refractivity contribution in [2.75, 3.05) is 13.7 Å². The SMILES string of the molecule is C=CCOc1ccc(Br)cc1C(=O)NN=Cc1cc(Br)ccc1OC. The molecule has 0 heterocycles. The van der Waals surface area contributed by atoms with Gasteiger partial charge in [-0.1, -0.05) is 44.5 Å². The number of nitrogens with one attached hydrogen (secondary N) is 1. The predicted octanol–water partition coefficient (Wildman–Crippen LogP) is 4.55. The van der Waals surface area contributed by atoms with Gasteiger partial charge in [0.15, 0.2) is 0 Å². The van der Waals surface area contributed by atoms with E-state index in [4.69, 9.17) is 9.47 Å². The fourth-order valence-electron chi connectivity index (χ4n) is 1.98. The Morgan fingerprint density at radius 3 is 2.56 bits per heavy atom. The molecule has 130 valence electrons. The predicted molar refractivity (Wildman–Crippen MR) is 106 cm³/mol. The molecule has 25 heavy (non-hydrogen) atoms. The summed E-state index contributed by atoms with van der Waals surface area (Å²) in [4.78, 5) is 12.4. The quantitative estimate of drug-likeness (QED) is 0.369. The molecule has 0 saturated heterocycles. The van der Waals surface area contributed by atoms with Crippen LogP contribution in [-0.4, -0.2) is 25.8 Å². The number of nitrogens with zero attached hydrogens (tertiary/aromatic N) is 1. The van der Waals surface area contributed by atoms with Gasteiger partial charge in [-0.2, -0.15) is 5.10 Å². The molecule has 1 amide bonds. The highest BCUT2D eigenvalue weighted by Crippen LogP contribution is 2.24. The van der Waals surface area contributed by atoms with E-state index in [2.05, 4.69) is 49.0 Å². The average Bonchev–Trinajstić information content (AvgIpc) is 2.60. The zero-order valence-electron chi connectivity index (χ0n) is 13.5. The van der Waals surface area contributed by atoms with Gasteiger partial charge in [0, 0.05) is 14.5 Å². The largest absolute Gasteiger partial charge is 0.496 e. The van der Waals surface area contributed by atoms with Gasteiger partial charge < -0.3 is 9.47 Å². The number of carbonyl (C=O) groups excluding carboxylic acids is 1. The van der Waals surface area contributed by atoms with E-state index >= 15 is 0 Å². The van der Waals surface area contributed by atoms with Crippen molar-refractivity contribution in [2.24, 2.45) is 5.10 Å². The summed E-state index contributed by atoms with van der Waals surface area (Å²) in [7, 11) is 1.57. The summed E-state index contributed by atoms with van der Waals surface area (Å²) in [5.41, 5.74) is 3.60. The van der Waals surface area contributed by atoms with E-state index < -0.39 is 0 Å². The van der Waals surface area contributed by atoms with Crippen molar-refractivity contribution in [2.45, 2.75) is 0 Å². The van der Waals surface area contributed by atoms with Crippen LogP contribution in [0.25, 0.3) is 0 Å².